The van der Waals surface area contributed by atoms with Crippen molar-refractivity contribution in [2.75, 3.05) is 11.9 Å². The first kappa shape index (κ1) is 18.4. The van der Waals surface area contributed by atoms with Gasteiger partial charge in [0.15, 0.2) is 5.82 Å². The number of nitrogens with one attached hydrogen (secondary N) is 2. The molecule has 5 nitrogen and oxygen atoms in total. The lowest BCUT2D eigenvalue weighted by molar-refractivity contribution is -0.116. The van der Waals surface area contributed by atoms with E-state index in [0.717, 1.165) is 5.56 Å². The molecule has 1 amide bonds. The van der Waals surface area contributed by atoms with E-state index >= 15 is 0 Å². The van der Waals surface area contributed by atoms with E-state index in [2.05, 4.69) is 10.0 Å². The zero-order valence-electron chi connectivity index (χ0n) is 12.8. The molecule has 0 radical (unpaired) electrons. The Balaban J connectivity index is 1.90. The van der Waals surface area contributed by atoms with E-state index in [1.165, 1.54) is 30.3 Å². The molecule has 0 aliphatic rings. The van der Waals surface area contributed by atoms with Crippen molar-refractivity contribution in [3.8, 4) is 0 Å². The van der Waals surface area contributed by atoms with Gasteiger partial charge in [0.25, 0.3) is 0 Å². The smallest absolute Gasteiger partial charge is 0.240 e. The number of carbonyl (C=O) groups excluding carboxylic acids is 1. The summed E-state index contributed by atoms with van der Waals surface area (Å²) >= 11 is 5.62. The lowest BCUT2D eigenvalue weighted by atomic mass is 10.2. The van der Waals surface area contributed by atoms with Crippen LogP contribution in [0.1, 0.15) is 12.0 Å². The predicted molar refractivity (Wildman–Crippen MR) is 91.0 cm³/mol. The summed E-state index contributed by atoms with van der Waals surface area (Å²) in [5, 5.41) is 2.25. The zero-order valence-corrected chi connectivity index (χ0v) is 14.4. The third-order valence-corrected chi connectivity index (χ3v) is 4.97. The molecule has 2 aromatic rings. The molecule has 2 rings (SSSR count). The molecule has 0 unspecified atom stereocenters. The average molecular weight is 371 g/mol. The van der Waals surface area contributed by atoms with E-state index in [0.29, 0.717) is 0 Å². The van der Waals surface area contributed by atoms with Crippen LogP contribution < -0.4 is 10.0 Å². The lowest BCUT2D eigenvalue weighted by Crippen LogP contribution is -2.28. The van der Waals surface area contributed by atoms with Crippen molar-refractivity contribution in [2.45, 2.75) is 18.2 Å². The van der Waals surface area contributed by atoms with Crippen molar-refractivity contribution in [3.05, 3.63) is 58.9 Å². The maximum Gasteiger partial charge on any atom is 0.240 e. The number of sulfonamides is 1. The summed E-state index contributed by atoms with van der Waals surface area (Å²) < 4.78 is 40.1. The third kappa shape index (κ3) is 4.77. The second-order valence-corrected chi connectivity index (χ2v) is 7.28. The van der Waals surface area contributed by atoms with Gasteiger partial charge in [0.2, 0.25) is 15.9 Å². The van der Waals surface area contributed by atoms with E-state index in [1.807, 2.05) is 6.92 Å². The van der Waals surface area contributed by atoms with E-state index < -0.39 is 21.7 Å². The number of aryl methyl sites for hydroxylation is 1. The second-order valence-electron chi connectivity index (χ2n) is 5.11. The molecule has 2 aromatic carbocycles. The van der Waals surface area contributed by atoms with Crippen LogP contribution >= 0.6 is 11.6 Å². The first-order valence-corrected chi connectivity index (χ1v) is 8.96. The van der Waals surface area contributed by atoms with Crippen molar-refractivity contribution in [1.29, 1.82) is 0 Å². The lowest BCUT2D eigenvalue weighted by Gasteiger charge is -2.09. The van der Waals surface area contributed by atoms with Crippen LogP contribution in [0.4, 0.5) is 10.1 Å². The molecule has 0 aliphatic carbocycles. The summed E-state index contributed by atoms with van der Waals surface area (Å²) in [4.78, 5) is 11.9. The van der Waals surface area contributed by atoms with Crippen LogP contribution in [0.15, 0.2) is 47.4 Å². The first-order chi connectivity index (χ1) is 11.3. The van der Waals surface area contributed by atoms with Gasteiger partial charge in [-0.1, -0.05) is 35.4 Å². The fourth-order valence-electron chi connectivity index (χ4n) is 1.91. The van der Waals surface area contributed by atoms with Gasteiger partial charge in [-0.25, -0.2) is 17.5 Å². The fraction of sp³-hybridized carbons (Fsp3) is 0.188. The molecule has 0 fully saturated rings. The van der Waals surface area contributed by atoms with E-state index in [-0.39, 0.29) is 28.6 Å². The third-order valence-electron chi connectivity index (χ3n) is 3.20. The highest BCUT2D eigenvalue weighted by Gasteiger charge is 2.14. The molecule has 0 atom stereocenters. The molecule has 2 N–H and O–H groups in total. The second kappa shape index (κ2) is 7.74. The monoisotopic (exact) mass is 370 g/mol. The maximum atomic E-state index is 13.7. The van der Waals surface area contributed by atoms with Gasteiger partial charge in [0.1, 0.15) is 0 Å². The summed E-state index contributed by atoms with van der Waals surface area (Å²) in [5.74, 6) is -1.25. The molecule has 0 bridgehead atoms. The molecular weight excluding hydrogens is 355 g/mol. The highest BCUT2D eigenvalue weighted by Crippen LogP contribution is 2.22. The highest BCUT2D eigenvalue weighted by atomic mass is 35.5. The Kier molecular flexibility index (Phi) is 5.93. The number of benzene rings is 2. The van der Waals surface area contributed by atoms with Crippen LogP contribution in [0.5, 0.6) is 0 Å². The quantitative estimate of drug-likeness (QED) is 0.820. The van der Waals surface area contributed by atoms with Crippen LogP contribution in [0.3, 0.4) is 0 Å². The van der Waals surface area contributed by atoms with Crippen LogP contribution in [-0.2, 0) is 14.8 Å². The van der Waals surface area contributed by atoms with Gasteiger partial charge in [-0.2, -0.15) is 0 Å². The van der Waals surface area contributed by atoms with E-state index in [4.69, 9.17) is 11.6 Å². The van der Waals surface area contributed by atoms with Gasteiger partial charge in [-0.15, -0.1) is 0 Å². The van der Waals surface area contributed by atoms with Crippen LogP contribution in [-0.4, -0.2) is 20.9 Å². The molecule has 24 heavy (non-hydrogen) atoms. The van der Waals surface area contributed by atoms with Crippen LogP contribution in [0.25, 0.3) is 0 Å². The minimum absolute atomic E-state index is 0.0473. The van der Waals surface area contributed by atoms with Crippen molar-refractivity contribution in [3.63, 3.8) is 0 Å². The van der Waals surface area contributed by atoms with Crippen LogP contribution in [0.2, 0.25) is 5.02 Å². The number of hydrogen-bond acceptors (Lipinski definition) is 3. The van der Waals surface area contributed by atoms with Gasteiger partial charge in [0.05, 0.1) is 15.6 Å². The standard InChI is InChI=1S/C16H16ClFN2O3S/c1-11-5-7-12(8-6-11)24(22,23)19-10-9-15(21)20-14-4-2-3-13(17)16(14)18/h2-8,19H,9-10H2,1H3,(H,20,21). The summed E-state index contributed by atoms with van der Waals surface area (Å²) in [7, 11) is -3.69. The van der Waals surface area contributed by atoms with Gasteiger partial charge < -0.3 is 5.32 Å². The van der Waals surface area contributed by atoms with E-state index in [9.17, 15) is 17.6 Å². The minimum Gasteiger partial charge on any atom is -0.324 e. The molecule has 0 aliphatic heterocycles. The number of rotatable bonds is 6. The predicted octanol–water partition coefficient (Wildman–Crippen LogP) is 3.09. The minimum atomic E-state index is -3.69. The summed E-state index contributed by atoms with van der Waals surface area (Å²) in [5.41, 5.74) is 0.894. The number of amides is 1. The molecule has 0 heterocycles. The van der Waals surface area contributed by atoms with Crippen molar-refractivity contribution < 1.29 is 17.6 Å². The Labute approximate surface area is 144 Å². The molecule has 0 spiro atoms. The Morgan fingerprint density at radius 3 is 2.50 bits per heavy atom. The first-order valence-electron chi connectivity index (χ1n) is 7.10. The average Bonchev–Trinajstić information content (AvgIpc) is 2.52. The Morgan fingerprint density at radius 2 is 1.83 bits per heavy atom. The molecule has 0 aromatic heterocycles. The maximum absolute atomic E-state index is 13.7. The van der Waals surface area contributed by atoms with Gasteiger partial charge >= 0.3 is 0 Å². The zero-order chi connectivity index (χ0) is 17.7. The normalized spacial score (nSPS) is 11.3. The topological polar surface area (TPSA) is 75.3 Å². The van der Waals surface area contributed by atoms with Crippen LogP contribution in [0, 0.1) is 12.7 Å². The van der Waals surface area contributed by atoms with Gasteiger partial charge in [0, 0.05) is 13.0 Å². The molecule has 8 heteroatoms. The van der Waals surface area contributed by atoms with Crippen molar-refractivity contribution in [2.24, 2.45) is 0 Å². The number of halogens is 2. The highest BCUT2D eigenvalue weighted by molar-refractivity contribution is 7.89. The molecule has 0 saturated heterocycles. The van der Waals surface area contributed by atoms with Crippen molar-refractivity contribution >= 4 is 33.2 Å². The summed E-state index contributed by atoms with van der Waals surface area (Å²) in [6.07, 6.45) is -0.142. The Morgan fingerprint density at radius 1 is 1.17 bits per heavy atom. The summed E-state index contributed by atoms with van der Waals surface area (Å²) in [6.45, 7) is 1.74. The number of hydrogen-bond donors (Lipinski definition) is 2. The number of anilines is 1. The van der Waals surface area contributed by atoms with Gasteiger partial charge in [-0.3, -0.25) is 4.79 Å². The largest absolute Gasteiger partial charge is 0.324 e. The Hall–Kier alpha value is -1.96. The summed E-state index contributed by atoms with van der Waals surface area (Å²) in [6, 6.07) is 10.6. The van der Waals surface area contributed by atoms with Crippen molar-refractivity contribution in [1.82, 2.24) is 4.72 Å². The Bertz CT molecular complexity index is 839. The number of carbonyl (C=O) groups is 1. The molecular formula is C16H16ClFN2O3S. The van der Waals surface area contributed by atoms with E-state index in [1.54, 1.807) is 12.1 Å². The molecule has 0 saturated carbocycles. The molecule has 128 valence electrons. The SMILES string of the molecule is Cc1ccc(S(=O)(=O)NCCC(=O)Nc2cccc(Cl)c2F)cc1. The van der Waals surface area contributed by atoms with Gasteiger partial charge in [-0.05, 0) is 31.2 Å². The fourth-order valence-corrected chi connectivity index (χ4v) is 3.12.